The predicted molar refractivity (Wildman–Crippen MR) is 83.9 cm³/mol. The van der Waals surface area contributed by atoms with Gasteiger partial charge in [-0.2, -0.15) is 0 Å². The monoisotopic (exact) mass is 269 g/mol. The van der Waals surface area contributed by atoms with Gasteiger partial charge in [0, 0.05) is 12.6 Å². The summed E-state index contributed by atoms with van der Waals surface area (Å²) in [5.74, 6) is 2.14. The predicted octanol–water partition coefficient (Wildman–Crippen LogP) is 4.01. The van der Waals surface area contributed by atoms with E-state index < -0.39 is 0 Å². The first-order valence-electron chi connectivity index (χ1n) is 8.43. The second-order valence-corrected chi connectivity index (χ2v) is 7.93. The highest BCUT2D eigenvalue weighted by Gasteiger charge is 2.53. The third-order valence-electron chi connectivity index (χ3n) is 5.87. The molecular formula is C19H27N. The van der Waals surface area contributed by atoms with Crippen LogP contribution < -0.4 is 5.32 Å². The van der Waals surface area contributed by atoms with Gasteiger partial charge in [0.1, 0.15) is 0 Å². The van der Waals surface area contributed by atoms with Crippen LogP contribution in [-0.4, -0.2) is 12.6 Å². The van der Waals surface area contributed by atoms with Crippen molar-refractivity contribution in [1.29, 1.82) is 0 Å². The molecule has 0 radical (unpaired) electrons. The number of nitrogens with one attached hydrogen (secondary N) is 1. The highest BCUT2D eigenvalue weighted by molar-refractivity contribution is 5.32. The topological polar surface area (TPSA) is 12.0 Å². The summed E-state index contributed by atoms with van der Waals surface area (Å²) in [6, 6.07) is 7.84. The Balaban J connectivity index is 1.53. The summed E-state index contributed by atoms with van der Waals surface area (Å²) in [6.45, 7) is 5.77. The van der Waals surface area contributed by atoms with Crippen LogP contribution in [0.25, 0.3) is 0 Å². The molecule has 0 aromatic heterocycles. The molecule has 3 saturated carbocycles. The molecule has 108 valence electrons. The van der Waals surface area contributed by atoms with Crippen molar-refractivity contribution in [3.63, 3.8) is 0 Å². The van der Waals surface area contributed by atoms with Crippen LogP contribution >= 0.6 is 0 Å². The lowest BCUT2D eigenvalue weighted by Gasteiger charge is -2.32. The van der Waals surface area contributed by atoms with Crippen molar-refractivity contribution in [3.05, 3.63) is 34.9 Å². The van der Waals surface area contributed by atoms with Crippen molar-refractivity contribution >= 4 is 0 Å². The molecule has 1 aromatic carbocycles. The van der Waals surface area contributed by atoms with Crippen LogP contribution in [0.5, 0.6) is 0 Å². The summed E-state index contributed by atoms with van der Waals surface area (Å²) in [5, 5.41) is 3.83. The Morgan fingerprint density at radius 1 is 1.15 bits per heavy atom. The normalized spacial score (nSPS) is 35.1. The Kier molecular flexibility index (Phi) is 2.96. The van der Waals surface area contributed by atoms with Gasteiger partial charge in [-0.1, -0.05) is 23.8 Å². The van der Waals surface area contributed by atoms with Gasteiger partial charge in [-0.25, -0.2) is 0 Å². The van der Waals surface area contributed by atoms with Crippen molar-refractivity contribution in [3.8, 4) is 0 Å². The lowest BCUT2D eigenvalue weighted by Crippen LogP contribution is -2.36. The minimum atomic E-state index is 0.564. The summed E-state index contributed by atoms with van der Waals surface area (Å²) in [7, 11) is 0. The molecule has 1 heteroatoms. The van der Waals surface area contributed by atoms with E-state index in [-0.39, 0.29) is 0 Å². The van der Waals surface area contributed by atoms with Gasteiger partial charge < -0.3 is 5.32 Å². The molecule has 20 heavy (non-hydrogen) atoms. The molecule has 0 spiro atoms. The van der Waals surface area contributed by atoms with Crippen molar-refractivity contribution in [2.24, 2.45) is 17.3 Å². The fourth-order valence-corrected chi connectivity index (χ4v) is 4.40. The first-order valence-corrected chi connectivity index (χ1v) is 8.43. The van der Waals surface area contributed by atoms with Crippen LogP contribution in [0.3, 0.4) is 0 Å². The maximum atomic E-state index is 3.83. The zero-order chi connectivity index (χ0) is 13.7. The lowest BCUT2D eigenvalue weighted by molar-refractivity contribution is 0.247. The second-order valence-electron chi connectivity index (χ2n) is 7.93. The highest BCUT2D eigenvalue weighted by atomic mass is 15.0. The summed E-state index contributed by atoms with van der Waals surface area (Å²) >= 11 is 0. The van der Waals surface area contributed by atoms with Crippen LogP contribution in [0.2, 0.25) is 0 Å². The van der Waals surface area contributed by atoms with E-state index in [1.807, 2.05) is 0 Å². The van der Waals surface area contributed by atoms with E-state index in [1.165, 1.54) is 56.2 Å². The van der Waals surface area contributed by atoms with Gasteiger partial charge in [0.15, 0.2) is 0 Å². The zero-order valence-corrected chi connectivity index (χ0v) is 12.9. The maximum Gasteiger partial charge on any atom is 0.00684 e. The second kappa shape index (κ2) is 4.59. The van der Waals surface area contributed by atoms with Gasteiger partial charge in [-0.05, 0) is 80.8 Å². The molecule has 4 rings (SSSR count). The van der Waals surface area contributed by atoms with Gasteiger partial charge >= 0.3 is 0 Å². The number of hydrogen-bond donors (Lipinski definition) is 1. The smallest absolute Gasteiger partial charge is 0.00684 e. The van der Waals surface area contributed by atoms with E-state index in [0.29, 0.717) is 5.41 Å². The third kappa shape index (κ3) is 2.53. The van der Waals surface area contributed by atoms with Crippen LogP contribution in [0.1, 0.15) is 48.8 Å². The van der Waals surface area contributed by atoms with E-state index in [2.05, 4.69) is 37.4 Å². The minimum absolute atomic E-state index is 0.564. The number of aryl methyl sites for hydroxylation is 2. The molecular weight excluding hydrogens is 242 g/mol. The highest BCUT2D eigenvalue weighted by Crippen LogP contribution is 2.60. The summed E-state index contributed by atoms with van der Waals surface area (Å²) in [6.07, 6.45) is 8.60. The van der Waals surface area contributed by atoms with Crippen LogP contribution in [0.15, 0.2) is 18.2 Å². The van der Waals surface area contributed by atoms with Gasteiger partial charge in [-0.3, -0.25) is 0 Å². The van der Waals surface area contributed by atoms with E-state index in [9.17, 15) is 0 Å². The lowest BCUT2D eigenvalue weighted by atomic mass is 9.76. The molecule has 1 N–H and O–H groups in total. The number of hydrogen-bond acceptors (Lipinski definition) is 1. The molecule has 0 saturated heterocycles. The molecule has 0 heterocycles. The zero-order valence-electron chi connectivity index (χ0n) is 12.9. The van der Waals surface area contributed by atoms with E-state index in [0.717, 1.165) is 17.9 Å². The van der Waals surface area contributed by atoms with E-state index in [4.69, 9.17) is 0 Å². The van der Waals surface area contributed by atoms with Crippen LogP contribution in [-0.2, 0) is 6.42 Å². The first kappa shape index (κ1) is 12.9. The number of fused-ring (bicyclic) bond motifs is 1. The van der Waals surface area contributed by atoms with Crippen LogP contribution in [0, 0.1) is 31.1 Å². The largest absolute Gasteiger partial charge is 0.313 e. The summed E-state index contributed by atoms with van der Waals surface area (Å²) in [4.78, 5) is 0. The maximum absolute atomic E-state index is 3.83. The van der Waals surface area contributed by atoms with Gasteiger partial charge in [0.05, 0.1) is 0 Å². The SMILES string of the molecule is Cc1ccc(C)c(CC2(CNC3CC3)CC3CC3C2)c1. The number of rotatable bonds is 5. The molecule has 3 aliphatic rings. The Morgan fingerprint density at radius 2 is 1.90 bits per heavy atom. The van der Waals surface area contributed by atoms with Crippen molar-refractivity contribution in [2.45, 2.75) is 58.4 Å². The summed E-state index contributed by atoms with van der Waals surface area (Å²) in [5.41, 5.74) is 5.07. The Morgan fingerprint density at radius 3 is 2.60 bits per heavy atom. The van der Waals surface area contributed by atoms with Gasteiger partial charge in [0.2, 0.25) is 0 Å². The van der Waals surface area contributed by atoms with Gasteiger partial charge in [0.25, 0.3) is 0 Å². The molecule has 0 amide bonds. The molecule has 2 unspecified atom stereocenters. The molecule has 0 bridgehead atoms. The minimum Gasteiger partial charge on any atom is -0.313 e. The molecule has 3 aliphatic carbocycles. The molecule has 3 fully saturated rings. The Bertz CT molecular complexity index is 504. The van der Waals surface area contributed by atoms with E-state index >= 15 is 0 Å². The Hall–Kier alpha value is -0.820. The van der Waals surface area contributed by atoms with Gasteiger partial charge in [-0.15, -0.1) is 0 Å². The molecule has 0 aliphatic heterocycles. The fraction of sp³-hybridized carbons (Fsp3) is 0.684. The average Bonchev–Trinajstić information content (AvgIpc) is 3.33. The third-order valence-corrected chi connectivity index (χ3v) is 5.87. The quantitative estimate of drug-likeness (QED) is 0.851. The Labute approximate surface area is 123 Å². The first-order chi connectivity index (χ1) is 9.63. The number of benzene rings is 1. The van der Waals surface area contributed by atoms with E-state index in [1.54, 1.807) is 5.56 Å². The van der Waals surface area contributed by atoms with Crippen molar-refractivity contribution in [1.82, 2.24) is 5.32 Å². The molecule has 1 aromatic rings. The molecule has 1 nitrogen and oxygen atoms in total. The van der Waals surface area contributed by atoms with Crippen LogP contribution in [0.4, 0.5) is 0 Å². The molecule has 2 atom stereocenters. The van der Waals surface area contributed by atoms with Crippen molar-refractivity contribution in [2.75, 3.05) is 6.54 Å². The fourth-order valence-electron chi connectivity index (χ4n) is 4.40. The average molecular weight is 269 g/mol. The standard InChI is InChI=1S/C19H27N/c1-13-3-4-14(2)15(7-13)9-19(12-20-18-5-6-18)10-16-8-17(16)11-19/h3-4,7,16-18,20H,5-6,8-12H2,1-2H3. The summed E-state index contributed by atoms with van der Waals surface area (Å²) < 4.78 is 0. The van der Waals surface area contributed by atoms with Crippen molar-refractivity contribution < 1.29 is 0 Å².